The zero-order valence-corrected chi connectivity index (χ0v) is 17.0. The molecule has 6 rings (SSSR count). The zero-order valence-electron chi connectivity index (χ0n) is 17.0. The predicted octanol–water partition coefficient (Wildman–Crippen LogP) is 7.77. The topological polar surface area (TPSA) is 18.1 Å². The van der Waals surface area contributed by atoms with Crippen LogP contribution in [0.3, 0.4) is 0 Å². The Morgan fingerprint density at radius 1 is 0.548 bits per heavy atom. The summed E-state index contributed by atoms with van der Waals surface area (Å²) in [5.41, 5.74) is 7.80. The summed E-state index contributed by atoms with van der Waals surface area (Å²) in [4.78, 5) is 0. The average Bonchev–Trinajstić information content (AvgIpc) is 3.35. The molecule has 2 heteroatoms. The van der Waals surface area contributed by atoms with Crippen molar-refractivity contribution in [3.63, 3.8) is 0 Å². The molecule has 31 heavy (non-hydrogen) atoms. The van der Waals surface area contributed by atoms with Crippen molar-refractivity contribution < 1.29 is 4.42 Å². The molecule has 4 aromatic carbocycles. The lowest BCUT2D eigenvalue weighted by atomic mass is 10.1. The number of hydrogen-bond donors (Lipinski definition) is 0. The molecule has 0 bridgehead atoms. The summed E-state index contributed by atoms with van der Waals surface area (Å²) in [5.74, 6) is 0. The van der Waals surface area contributed by atoms with Gasteiger partial charge in [-0.05, 0) is 17.2 Å². The van der Waals surface area contributed by atoms with Crippen LogP contribution in [0.5, 0.6) is 0 Å². The monoisotopic (exact) mass is 399 g/mol. The Hall–Kier alpha value is -4.04. The zero-order chi connectivity index (χ0) is 20.6. The van der Waals surface area contributed by atoms with Gasteiger partial charge in [-0.1, -0.05) is 109 Å². The van der Waals surface area contributed by atoms with Crippen LogP contribution in [0.4, 0.5) is 0 Å². The van der Waals surface area contributed by atoms with Crippen molar-refractivity contribution >= 4 is 21.9 Å². The second kappa shape index (κ2) is 7.33. The number of hydrogen-bond acceptors (Lipinski definition) is 1. The Bertz CT molecular complexity index is 1480. The summed E-state index contributed by atoms with van der Waals surface area (Å²) in [5, 5.41) is 2.33. The number of nitrogens with zero attached hydrogens (tertiary/aromatic N) is 1. The van der Waals surface area contributed by atoms with E-state index in [0.29, 0.717) is 0 Å². The molecule has 2 nitrogen and oxygen atoms in total. The van der Waals surface area contributed by atoms with Crippen LogP contribution in [0, 0.1) is 0 Å². The van der Waals surface area contributed by atoms with Crippen molar-refractivity contribution in [3.8, 4) is 22.5 Å². The lowest BCUT2D eigenvalue weighted by Gasteiger charge is -2.15. The van der Waals surface area contributed by atoms with Gasteiger partial charge in [0.05, 0.1) is 16.8 Å². The molecule has 2 aromatic heterocycles. The summed E-state index contributed by atoms with van der Waals surface area (Å²) in [6.45, 7) is 0.772. The van der Waals surface area contributed by atoms with Crippen molar-refractivity contribution in [3.05, 3.63) is 121 Å². The number of fused-ring (bicyclic) bond motifs is 3. The normalized spacial score (nSPS) is 11.4. The van der Waals surface area contributed by atoms with Gasteiger partial charge in [-0.2, -0.15) is 0 Å². The van der Waals surface area contributed by atoms with Gasteiger partial charge >= 0.3 is 0 Å². The Labute approximate surface area is 181 Å². The molecule has 0 spiro atoms. The van der Waals surface area contributed by atoms with Crippen LogP contribution in [0.1, 0.15) is 5.56 Å². The standard InChI is InChI=1S/C29H21NO/c1-4-12-21(13-5-1)20-30-27(22-14-6-2-7-15-22)26-24-18-10-11-19-25(24)31-29(26)28(30)23-16-8-3-9-17-23/h1-19H,20H2. The van der Waals surface area contributed by atoms with E-state index < -0.39 is 0 Å². The van der Waals surface area contributed by atoms with Crippen molar-refractivity contribution in [1.82, 2.24) is 4.57 Å². The van der Waals surface area contributed by atoms with Crippen molar-refractivity contribution in [2.24, 2.45) is 0 Å². The number of rotatable bonds is 4. The van der Waals surface area contributed by atoms with Crippen LogP contribution in [0.25, 0.3) is 44.5 Å². The SMILES string of the molecule is c1ccc(Cn2c(-c3ccccc3)c3oc4ccccc4c3c2-c2ccccc2)cc1. The largest absolute Gasteiger partial charge is 0.454 e. The quantitative estimate of drug-likeness (QED) is 0.296. The highest BCUT2D eigenvalue weighted by Crippen LogP contribution is 2.44. The number of furan rings is 1. The van der Waals surface area contributed by atoms with Crippen LogP contribution in [-0.4, -0.2) is 4.57 Å². The highest BCUT2D eigenvalue weighted by molar-refractivity contribution is 6.16. The van der Waals surface area contributed by atoms with E-state index >= 15 is 0 Å². The van der Waals surface area contributed by atoms with E-state index in [1.165, 1.54) is 22.2 Å². The fourth-order valence-corrected chi connectivity index (χ4v) is 4.52. The van der Waals surface area contributed by atoms with E-state index in [-0.39, 0.29) is 0 Å². The number of benzene rings is 4. The highest BCUT2D eigenvalue weighted by atomic mass is 16.3. The van der Waals surface area contributed by atoms with Gasteiger partial charge in [0.25, 0.3) is 0 Å². The summed E-state index contributed by atoms with van der Waals surface area (Å²) >= 11 is 0. The van der Waals surface area contributed by atoms with Gasteiger partial charge in [-0.25, -0.2) is 0 Å². The fourth-order valence-electron chi connectivity index (χ4n) is 4.52. The molecule has 6 aromatic rings. The third kappa shape index (κ3) is 2.96. The second-order valence-electron chi connectivity index (χ2n) is 7.80. The maximum atomic E-state index is 6.50. The van der Waals surface area contributed by atoms with E-state index in [1.807, 2.05) is 6.07 Å². The maximum absolute atomic E-state index is 6.50. The average molecular weight is 399 g/mol. The van der Waals surface area contributed by atoms with Gasteiger partial charge in [0.1, 0.15) is 5.58 Å². The molecule has 0 saturated carbocycles. The Morgan fingerprint density at radius 2 is 1.10 bits per heavy atom. The van der Waals surface area contributed by atoms with E-state index in [2.05, 4.69) is 114 Å². The Kier molecular flexibility index (Phi) is 4.21. The molecule has 0 fully saturated rings. The van der Waals surface area contributed by atoms with Gasteiger partial charge in [0.15, 0.2) is 5.58 Å². The van der Waals surface area contributed by atoms with Crippen LogP contribution < -0.4 is 0 Å². The first-order valence-corrected chi connectivity index (χ1v) is 10.6. The number of aromatic nitrogens is 1. The van der Waals surface area contributed by atoms with Crippen molar-refractivity contribution in [2.75, 3.05) is 0 Å². The molecular weight excluding hydrogens is 378 g/mol. The molecule has 0 N–H and O–H groups in total. The van der Waals surface area contributed by atoms with E-state index in [1.54, 1.807) is 0 Å². The van der Waals surface area contributed by atoms with Crippen molar-refractivity contribution in [2.45, 2.75) is 6.54 Å². The third-order valence-electron chi connectivity index (χ3n) is 5.87. The van der Waals surface area contributed by atoms with E-state index in [9.17, 15) is 0 Å². The molecule has 0 aliphatic heterocycles. The summed E-state index contributed by atoms with van der Waals surface area (Å²) < 4.78 is 8.91. The van der Waals surface area contributed by atoms with E-state index in [0.717, 1.165) is 34.4 Å². The Morgan fingerprint density at radius 3 is 1.77 bits per heavy atom. The first-order chi connectivity index (χ1) is 15.4. The second-order valence-corrected chi connectivity index (χ2v) is 7.80. The minimum atomic E-state index is 0.772. The van der Waals surface area contributed by atoms with Gasteiger partial charge in [0.2, 0.25) is 0 Å². The lowest BCUT2D eigenvalue weighted by Crippen LogP contribution is -2.04. The minimum absolute atomic E-state index is 0.772. The number of para-hydroxylation sites is 1. The first-order valence-electron chi connectivity index (χ1n) is 10.6. The maximum Gasteiger partial charge on any atom is 0.161 e. The minimum Gasteiger partial charge on any atom is -0.454 e. The molecular formula is C29H21NO. The van der Waals surface area contributed by atoms with Crippen LogP contribution >= 0.6 is 0 Å². The molecule has 2 heterocycles. The third-order valence-corrected chi connectivity index (χ3v) is 5.87. The van der Waals surface area contributed by atoms with Crippen molar-refractivity contribution in [1.29, 1.82) is 0 Å². The molecule has 0 aliphatic carbocycles. The molecule has 148 valence electrons. The molecule has 0 atom stereocenters. The highest BCUT2D eigenvalue weighted by Gasteiger charge is 2.25. The fraction of sp³-hybridized carbons (Fsp3) is 0.0345. The van der Waals surface area contributed by atoms with Crippen LogP contribution in [0.15, 0.2) is 120 Å². The summed E-state index contributed by atoms with van der Waals surface area (Å²) in [7, 11) is 0. The molecule has 0 aliphatic rings. The predicted molar refractivity (Wildman–Crippen MR) is 128 cm³/mol. The summed E-state index contributed by atoms with van der Waals surface area (Å²) in [6.07, 6.45) is 0. The van der Waals surface area contributed by atoms with Gasteiger partial charge in [0, 0.05) is 17.5 Å². The van der Waals surface area contributed by atoms with Gasteiger partial charge < -0.3 is 8.98 Å². The smallest absolute Gasteiger partial charge is 0.161 e. The van der Waals surface area contributed by atoms with Gasteiger partial charge in [-0.3, -0.25) is 0 Å². The first kappa shape index (κ1) is 17.8. The van der Waals surface area contributed by atoms with Gasteiger partial charge in [-0.15, -0.1) is 0 Å². The van der Waals surface area contributed by atoms with Crippen LogP contribution in [-0.2, 0) is 6.54 Å². The Balaban J connectivity index is 1.76. The molecule has 0 saturated heterocycles. The van der Waals surface area contributed by atoms with Crippen LogP contribution in [0.2, 0.25) is 0 Å². The lowest BCUT2D eigenvalue weighted by molar-refractivity contribution is 0.666. The molecule has 0 radical (unpaired) electrons. The molecule has 0 amide bonds. The summed E-state index contributed by atoms with van der Waals surface area (Å²) in [6, 6.07) is 40.2. The molecule has 0 unspecified atom stereocenters. The van der Waals surface area contributed by atoms with E-state index in [4.69, 9.17) is 4.42 Å².